The molecule has 4 nitrogen and oxygen atoms in total. The fraction of sp³-hybridized carbons (Fsp3) is 0.625. The largest absolute Gasteiger partial charge is 0.383 e. The number of nitrogens with zero attached hydrogens (tertiary/aromatic N) is 1. The van der Waals surface area contributed by atoms with E-state index in [1.54, 1.807) is 7.11 Å². The Morgan fingerprint density at radius 3 is 2.70 bits per heavy atom. The quantitative estimate of drug-likeness (QED) is 0.807. The monoisotopic (exact) mass is 278 g/mol. The second-order valence-corrected chi connectivity index (χ2v) is 5.87. The predicted molar refractivity (Wildman–Crippen MR) is 82.3 cm³/mol. The maximum absolute atomic E-state index is 5.75. The van der Waals surface area contributed by atoms with Crippen LogP contribution in [0, 0.1) is 0 Å². The standard InChI is InChI=1S/C16H26N2O2/c1-16(2)13-18(9-11-20-16)15-6-4-14(5-7-15)12-17-8-10-19-3/h4-7,17H,8-13H2,1-3H3. The molecule has 0 atom stereocenters. The van der Waals surface area contributed by atoms with Gasteiger partial charge in [-0.3, -0.25) is 0 Å². The van der Waals surface area contributed by atoms with Gasteiger partial charge in [-0.2, -0.15) is 0 Å². The van der Waals surface area contributed by atoms with Gasteiger partial charge in [0.1, 0.15) is 0 Å². The van der Waals surface area contributed by atoms with E-state index >= 15 is 0 Å². The number of hydrogen-bond donors (Lipinski definition) is 1. The number of ether oxygens (including phenoxy) is 2. The molecule has 0 radical (unpaired) electrons. The molecule has 0 amide bonds. The predicted octanol–water partition coefficient (Wildman–Crippen LogP) is 2.04. The summed E-state index contributed by atoms with van der Waals surface area (Å²) in [6.07, 6.45) is 0. The van der Waals surface area contributed by atoms with E-state index in [2.05, 4.69) is 48.3 Å². The molecule has 1 N–H and O–H groups in total. The van der Waals surface area contributed by atoms with E-state index in [1.807, 2.05) is 0 Å². The third-order valence-corrected chi connectivity index (χ3v) is 3.54. The van der Waals surface area contributed by atoms with Crippen LogP contribution >= 0.6 is 0 Å². The van der Waals surface area contributed by atoms with Gasteiger partial charge in [0.05, 0.1) is 18.8 Å². The zero-order valence-corrected chi connectivity index (χ0v) is 12.8. The van der Waals surface area contributed by atoms with Crippen molar-refractivity contribution < 1.29 is 9.47 Å². The SMILES string of the molecule is COCCNCc1ccc(N2CCOC(C)(C)C2)cc1. The van der Waals surface area contributed by atoms with E-state index in [9.17, 15) is 0 Å². The van der Waals surface area contributed by atoms with E-state index in [1.165, 1.54) is 11.3 Å². The van der Waals surface area contributed by atoms with Gasteiger partial charge in [0.25, 0.3) is 0 Å². The van der Waals surface area contributed by atoms with E-state index in [0.29, 0.717) is 0 Å². The van der Waals surface area contributed by atoms with Gasteiger partial charge in [0.2, 0.25) is 0 Å². The molecule has 1 aliphatic heterocycles. The summed E-state index contributed by atoms with van der Waals surface area (Å²) >= 11 is 0. The Labute approximate surface area is 122 Å². The van der Waals surface area contributed by atoms with Crippen LogP contribution in [0.3, 0.4) is 0 Å². The summed E-state index contributed by atoms with van der Waals surface area (Å²) < 4.78 is 10.8. The van der Waals surface area contributed by atoms with Gasteiger partial charge in [-0.1, -0.05) is 12.1 Å². The van der Waals surface area contributed by atoms with Gasteiger partial charge < -0.3 is 19.7 Å². The first kappa shape index (κ1) is 15.3. The number of hydrogen-bond acceptors (Lipinski definition) is 4. The van der Waals surface area contributed by atoms with Crippen molar-refractivity contribution in [1.29, 1.82) is 0 Å². The molecule has 0 unspecified atom stereocenters. The molecular formula is C16H26N2O2. The highest BCUT2D eigenvalue weighted by Gasteiger charge is 2.27. The molecule has 1 aromatic carbocycles. The Balaban J connectivity index is 1.87. The zero-order valence-electron chi connectivity index (χ0n) is 12.8. The van der Waals surface area contributed by atoms with E-state index in [4.69, 9.17) is 9.47 Å². The van der Waals surface area contributed by atoms with E-state index < -0.39 is 0 Å². The average molecular weight is 278 g/mol. The Kier molecular flexibility index (Phi) is 5.40. The maximum Gasteiger partial charge on any atom is 0.0801 e. The molecule has 2 rings (SSSR count). The first-order valence-electron chi connectivity index (χ1n) is 7.28. The van der Waals surface area contributed by atoms with Crippen LogP contribution in [0.15, 0.2) is 24.3 Å². The molecule has 0 aromatic heterocycles. The second kappa shape index (κ2) is 7.07. The molecule has 0 spiro atoms. The van der Waals surface area contributed by atoms with Crippen LogP contribution in [0.25, 0.3) is 0 Å². The van der Waals surface area contributed by atoms with Crippen molar-refractivity contribution in [1.82, 2.24) is 5.32 Å². The minimum atomic E-state index is -0.0569. The first-order chi connectivity index (χ1) is 9.61. The lowest BCUT2D eigenvalue weighted by Crippen LogP contribution is -2.48. The van der Waals surface area contributed by atoms with Gasteiger partial charge in [-0.05, 0) is 31.5 Å². The Bertz CT molecular complexity index is 403. The minimum absolute atomic E-state index is 0.0569. The topological polar surface area (TPSA) is 33.7 Å². The summed E-state index contributed by atoms with van der Waals surface area (Å²) in [7, 11) is 1.72. The number of nitrogens with one attached hydrogen (secondary N) is 1. The number of anilines is 1. The third kappa shape index (κ3) is 4.47. The number of methoxy groups -OCH3 is 1. The highest BCUT2D eigenvalue weighted by Crippen LogP contribution is 2.23. The Morgan fingerprint density at radius 1 is 1.30 bits per heavy atom. The molecule has 1 aliphatic rings. The number of rotatable bonds is 6. The van der Waals surface area contributed by atoms with E-state index in [0.717, 1.165) is 39.4 Å². The fourth-order valence-electron chi connectivity index (χ4n) is 2.47. The van der Waals surface area contributed by atoms with E-state index in [-0.39, 0.29) is 5.60 Å². The zero-order chi connectivity index (χ0) is 14.4. The third-order valence-electron chi connectivity index (χ3n) is 3.54. The number of benzene rings is 1. The van der Waals surface area contributed by atoms with Crippen LogP contribution in [0.2, 0.25) is 0 Å². The number of morpholine rings is 1. The Morgan fingerprint density at radius 2 is 2.05 bits per heavy atom. The van der Waals surface area contributed by atoms with Crippen molar-refractivity contribution in [2.45, 2.75) is 26.0 Å². The molecule has 1 saturated heterocycles. The molecule has 0 aliphatic carbocycles. The Hall–Kier alpha value is -1.10. The average Bonchev–Trinajstić information content (AvgIpc) is 2.43. The highest BCUT2D eigenvalue weighted by molar-refractivity contribution is 5.48. The normalized spacial score (nSPS) is 18.2. The van der Waals surface area contributed by atoms with Crippen molar-refractivity contribution in [2.24, 2.45) is 0 Å². The second-order valence-electron chi connectivity index (χ2n) is 5.87. The summed E-state index contributed by atoms with van der Waals surface area (Å²) in [5, 5.41) is 3.36. The lowest BCUT2D eigenvalue weighted by Gasteiger charge is -2.39. The molecule has 20 heavy (non-hydrogen) atoms. The van der Waals surface area contributed by atoms with Crippen LogP contribution in [-0.2, 0) is 16.0 Å². The lowest BCUT2D eigenvalue weighted by molar-refractivity contribution is -0.0276. The minimum Gasteiger partial charge on any atom is -0.383 e. The van der Waals surface area contributed by atoms with Gasteiger partial charge in [0, 0.05) is 39.0 Å². The van der Waals surface area contributed by atoms with Gasteiger partial charge in [0.15, 0.2) is 0 Å². The van der Waals surface area contributed by atoms with Gasteiger partial charge in [-0.25, -0.2) is 0 Å². The van der Waals surface area contributed by atoms with Crippen LogP contribution in [0.4, 0.5) is 5.69 Å². The summed E-state index contributed by atoms with van der Waals surface area (Å²) in [4.78, 5) is 2.39. The summed E-state index contributed by atoms with van der Waals surface area (Å²) in [5.41, 5.74) is 2.53. The smallest absolute Gasteiger partial charge is 0.0801 e. The molecule has 1 fully saturated rings. The van der Waals surface area contributed by atoms with Crippen LogP contribution in [0.5, 0.6) is 0 Å². The molecular weight excluding hydrogens is 252 g/mol. The maximum atomic E-state index is 5.75. The highest BCUT2D eigenvalue weighted by atomic mass is 16.5. The van der Waals surface area contributed by atoms with Crippen molar-refractivity contribution in [2.75, 3.05) is 44.9 Å². The van der Waals surface area contributed by atoms with Gasteiger partial charge >= 0.3 is 0 Å². The summed E-state index contributed by atoms with van der Waals surface area (Å²) in [6, 6.07) is 8.79. The molecule has 1 aromatic rings. The molecule has 0 bridgehead atoms. The molecule has 1 heterocycles. The van der Waals surface area contributed by atoms with Crippen LogP contribution < -0.4 is 10.2 Å². The molecule has 4 heteroatoms. The summed E-state index contributed by atoms with van der Waals surface area (Å²) in [6.45, 7) is 9.52. The van der Waals surface area contributed by atoms with Crippen LogP contribution in [-0.4, -0.2) is 45.6 Å². The fourth-order valence-corrected chi connectivity index (χ4v) is 2.47. The van der Waals surface area contributed by atoms with Crippen LogP contribution in [0.1, 0.15) is 19.4 Å². The molecule has 0 saturated carbocycles. The first-order valence-corrected chi connectivity index (χ1v) is 7.28. The van der Waals surface area contributed by atoms with Gasteiger partial charge in [-0.15, -0.1) is 0 Å². The van der Waals surface area contributed by atoms with Crippen molar-refractivity contribution >= 4 is 5.69 Å². The van der Waals surface area contributed by atoms with Crippen molar-refractivity contribution in [3.63, 3.8) is 0 Å². The van der Waals surface area contributed by atoms with Crippen molar-refractivity contribution in [3.05, 3.63) is 29.8 Å². The van der Waals surface area contributed by atoms with Crippen molar-refractivity contribution in [3.8, 4) is 0 Å². The lowest BCUT2D eigenvalue weighted by atomic mass is 10.1. The molecule has 112 valence electrons. The summed E-state index contributed by atoms with van der Waals surface area (Å²) in [5.74, 6) is 0.